The molecule has 2 atom stereocenters. The number of methoxy groups -OCH3 is 1. The van der Waals surface area contributed by atoms with Gasteiger partial charge in [0.15, 0.2) is 16.5 Å². The Morgan fingerprint density at radius 1 is 1.32 bits per heavy atom. The quantitative estimate of drug-likeness (QED) is 0.575. The van der Waals surface area contributed by atoms with Crippen LogP contribution < -0.4 is 15.0 Å². The summed E-state index contributed by atoms with van der Waals surface area (Å²) >= 11 is 6.30. The van der Waals surface area contributed by atoms with Crippen molar-refractivity contribution < 1.29 is 14.3 Å². The summed E-state index contributed by atoms with van der Waals surface area (Å²) in [6.45, 7) is 3.22. The first-order chi connectivity index (χ1) is 15.0. The number of halogens is 1. The van der Waals surface area contributed by atoms with Crippen LogP contribution in [0.25, 0.3) is 5.65 Å². The fourth-order valence-corrected chi connectivity index (χ4v) is 3.92. The van der Waals surface area contributed by atoms with Crippen molar-refractivity contribution in [2.24, 2.45) is 0 Å². The maximum atomic E-state index is 12.9. The first kappa shape index (κ1) is 21.4. The molecular weight excluding hydrogens is 418 g/mol. The molecule has 0 unspecified atom stereocenters. The van der Waals surface area contributed by atoms with E-state index in [1.807, 2.05) is 43.1 Å². The van der Waals surface area contributed by atoms with Crippen LogP contribution in [-0.2, 0) is 11.3 Å². The molecule has 4 rings (SSSR count). The van der Waals surface area contributed by atoms with Crippen molar-refractivity contribution in [1.82, 2.24) is 19.9 Å². The minimum Gasteiger partial charge on any atom is -0.497 e. The topological polar surface area (TPSA) is 81.0 Å². The lowest BCUT2D eigenvalue weighted by atomic mass is 9.89. The van der Waals surface area contributed by atoms with Gasteiger partial charge in [0.05, 0.1) is 31.1 Å². The van der Waals surface area contributed by atoms with E-state index in [1.54, 1.807) is 13.2 Å². The largest absolute Gasteiger partial charge is 0.497 e. The predicted octanol–water partition coefficient (Wildman–Crippen LogP) is 3.33. The number of nitrogens with one attached hydrogen (secondary N) is 1. The van der Waals surface area contributed by atoms with Gasteiger partial charge in [-0.05, 0) is 37.5 Å². The number of hydrogen-bond acceptors (Lipinski definition) is 6. The number of anilines is 1. The molecule has 0 aliphatic heterocycles. The minimum absolute atomic E-state index is 0.00870. The molecule has 164 valence electrons. The SMILES string of the molecule is CCO[C@@H]1CC[C@H]1NC(=O)c1cnc2c(N(C)Cc3ccc(OC)cc3)cc(Cl)nn12. The van der Waals surface area contributed by atoms with E-state index in [4.69, 9.17) is 21.1 Å². The molecule has 2 aromatic heterocycles. The highest BCUT2D eigenvalue weighted by Crippen LogP contribution is 2.27. The van der Waals surface area contributed by atoms with Crippen molar-refractivity contribution in [3.05, 3.63) is 52.9 Å². The molecule has 2 heterocycles. The van der Waals surface area contributed by atoms with Gasteiger partial charge in [-0.25, -0.2) is 9.50 Å². The third kappa shape index (κ3) is 4.45. The van der Waals surface area contributed by atoms with Gasteiger partial charge in [-0.3, -0.25) is 4.79 Å². The average molecular weight is 444 g/mol. The zero-order chi connectivity index (χ0) is 22.0. The second-order valence-corrected chi connectivity index (χ2v) is 7.97. The summed E-state index contributed by atoms with van der Waals surface area (Å²) in [4.78, 5) is 19.4. The van der Waals surface area contributed by atoms with Crippen molar-refractivity contribution in [1.29, 1.82) is 0 Å². The van der Waals surface area contributed by atoms with Crippen molar-refractivity contribution in [3.8, 4) is 5.75 Å². The molecule has 3 aromatic rings. The molecule has 0 bridgehead atoms. The highest BCUT2D eigenvalue weighted by molar-refractivity contribution is 6.29. The summed E-state index contributed by atoms with van der Waals surface area (Å²) in [5.41, 5.74) is 2.80. The Labute approximate surface area is 186 Å². The fourth-order valence-electron chi connectivity index (χ4n) is 3.74. The van der Waals surface area contributed by atoms with Crippen LogP contribution in [0.3, 0.4) is 0 Å². The molecule has 1 fully saturated rings. The van der Waals surface area contributed by atoms with Crippen molar-refractivity contribution in [2.45, 2.75) is 38.5 Å². The van der Waals surface area contributed by atoms with Crippen LogP contribution in [0.15, 0.2) is 36.5 Å². The molecule has 0 saturated heterocycles. The summed E-state index contributed by atoms with van der Waals surface area (Å²) in [5, 5.41) is 7.64. The van der Waals surface area contributed by atoms with E-state index in [0.29, 0.717) is 24.5 Å². The van der Waals surface area contributed by atoms with Crippen LogP contribution in [0.5, 0.6) is 5.75 Å². The predicted molar refractivity (Wildman–Crippen MR) is 119 cm³/mol. The van der Waals surface area contributed by atoms with E-state index in [9.17, 15) is 4.79 Å². The van der Waals surface area contributed by atoms with Gasteiger partial charge < -0.3 is 19.7 Å². The molecule has 0 spiro atoms. The molecule has 1 aliphatic carbocycles. The minimum atomic E-state index is -0.236. The van der Waals surface area contributed by atoms with Gasteiger partial charge in [0, 0.05) is 26.3 Å². The molecule has 0 radical (unpaired) electrons. The number of nitrogens with zero attached hydrogens (tertiary/aromatic N) is 4. The van der Waals surface area contributed by atoms with Crippen molar-refractivity contribution in [2.75, 3.05) is 25.7 Å². The van der Waals surface area contributed by atoms with E-state index >= 15 is 0 Å². The Bertz CT molecular complexity index is 1070. The lowest BCUT2D eigenvalue weighted by Gasteiger charge is -2.36. The second kappa shape index (κ2) is 9.11. The number of ether oxygens (including phenoxy) is 2. The number of fused-ring (bicyclic) bond motifs is 1. The van der Waals surface area contributed by atoms with Gasteiger partial charge in [-0.15, -0.1) is 0 Å². The standard InChI is InChI=1S/C22H26ClN5O3/c1-4-31-19-10-9-16(19)25-22(29)18-12-24-21-17(11-20(23)26-28(18)21)27(2)13-14-5-7-15(30-3)8-6-14/h5-8,11-12,16,19H,4,9-10,13H2,1-3H3,(H,25,29)/t16-,19-/m1/s1. The number of hydrogen-bond donors (Lipinski definition) is 1. The van der Waals surface area contributed by atoms with Gasteiger partial charge in [0.1, 0.15) is 5.75 Å². The van der Waals surface area contributed by atoms with Gasteiger partial charge in [-0.2, -0.15) is 5.10 Å². The van der Waals surface area contributed by atoms with Crippen molar-refractivity contribution in [3.63, 3.8) is 0 Å². The number of rotatable bonds is 8. The normalized spacial score (nSPS) is 17.9. The van der Waals surface area contributed by atoms with Gasteiger partial charge in [0.2, 0.25) is 0 Å². The Hall–Kier alpha value is -2.84. The van der Waals surface area contributed by atoms with E-state index in [2.05, 4.69) is 15.4 Å². The molecule has 8 nitrogen and oxygen atoms in total. The maximum absolute atomic E-state index is 12.9. The Balaban J connectivity index is 1.56. The van der Waals surface area contributed by atoms with Crippen LogP contribution in [-0.4, -0.2) is 53.4 Å². The molecule has 1 saturated carbocycles. The Morgan fingerprint density at radius 2 is 2.10 bits per heavy atom. The number of imidazole rings is 1. The summed E-state index contributed by atoms with van der Waals surface area (Å²) in [6.07, 6.45) is 3.46. The van der Waals surface area contributed by atoms with Gasteiger partial charge >= 0.3 is 0 Å². The van der Waals surface area contributed by atoms with E-state index in [1.165, 1.54) is 10.7 Å². The summed E-state index contributed by atoms with van der Waals surface area (Å²) in [5.74, 6) is 0.572. The number of aromatic nitrogens is 3. The van der Waals surface area contributed by atoms with E-state index in [0.717, 1.165) is 29.8 Å². The highest BCUT2D eigenvalue weighted by Gasteiger charge is 2.33. The third-order valence-electron chi connectivity index (χ3n) is 5.55. The zero-order valence-electron chi connectivity index (χ0n) is 17.8. The summed E-state index contributed by atoms with van der Waals surface area (Å²) < 4.78 is 12.4. The van der Waals surface area contributed by atoms with Crippen LogP contribution in [0.1, 0.15) is 35.8 Å². The number of amides is 1. The van der Waals surface area contributed by atoms with Crippen LogP contribution in [0.4, 0.5) is 5.69 Å². The Morgan fingerprint density at radius 3 is 2.74 bits per heavy atom. The number of carbonyl (C=O) groups is 1. The summed E-state index contributed by atoms with van der Waals surface area (Å²) in [6, 6.07) is 9.62. The lowest BCUT2D eigenvalue weighted by molar-refractivity contribution is -0.0181. The van der Waals surface area contributed by atoms with Gasteiger partial charge in [-0.1, -0.05) is 23.7 Å². The van der Waals surface area contributed by atoms with E-state index in [-0.39, 0.29) is 23.2 Å². The molecule has 1 aromatic carbocycles. The highest BCUT2D eigenvalue weighted by atomic mass is 35.5. The number of benzene rings is 1. The molecule has 1 aliphatic rings. The number of carbonyl (C=O) groups excluding carboxylic acids is 1. The fraction of sp³-hybridized carbons (Fsp3) is 0.409. The second-order valence-electron chi connectivity index (χ2n) is 7.59. The van der Waals surface area contributed by atoms with E-state index < -0.39 is 0 Å². The molecular formula is C22H26ClN5O3. The third-order valence-corrected chi connectivity index (χ3v) is 5.73. The van der Waals surface area contributed by atoms with Crippen LogP contribution >= 0.6 is 11.6 Å². The molecule has 9 heteroatoms. The molecule has 1 amide bonds. The first-order valence-corrected chi connectivity index (χ1v) is 10.7. The monoisotopic (exact) mass is 443 g/mol. The maximum Gasteiger partial charge on any atom is 0.271 e. The molecule has 1 N–H and O–H groups in total. The van der Waals surface area contributed by atoms with Crippen molar-refractivity contribution >= 4 is 28.8 Å². The average Bonchev–Trinajstić information content (AvgIpc) is 3.18. The van der Waals surface area contributed by atoms with Gasteiger partial charge in [0.25, 0.3) is 5.91 Å². The van der Waals surface area contributed by atoms with Crippen LogP contribution in [0, 0.1) is 0 Å². The first-order valence-electron chi connectivity index (χ1n) is 10.3. The zero-order valence-corrected chi connectivity index (χ0v) is 18.6. The van der Waals surface area contributed by atoms with Crippen LogP contribution in [0.2, 0.25) is 5.15 Å². The Kier molecular flexibility index (Phi) is 6.29. The lowest BCUT2D eigenvalue weighted by Crippen LogP contribution is -2.51. The molecule has 31 heavy (non-hydrogen) atoms. The summed E-state index contributed by atoms with van der Waals surface area (Å²) in [7, 11) is 3.59. The smallest absolute Gasteiger partial charge is 0.271 e.